The van der Waals surface area contributed by atoms with E-state index in [-0.39, 0.29) is 41.8 Å². The third kappa shape index (κ3) is 9.53. The molecule has 63 heavy (non-hydrogen) atoms. The van der Waals surface area contributed by atoms with Gasteiger partial charge < -0.3 is 4.57 Å². The van der Waals surface area contributed by atoms with Gasteiger partial charge in [0.2, 0.25) is 0 Å². The predicted molar refractivity (Wildman–Crippen MR) is 268 cm³/mol. The van der Waals surface area contributed by atoms with Crippen LogP contribution in [0.3, 0.4) is 0 Å². The van der Waals surface area contributed by atoms with Crippen LogP contribution in [0.5, 0.6) is 0 Å². The molecule has 0 saturated carbocycles. The fourth-order valence-electron chi connectivity index (χ4n) is 9.10. The van der Waals surface area contributed by atoms with Crippen LogP contribution in [0.2, 0.25) is 0 Å². The SMILES string of the molecule is CC(C)(C)c1cc2cc(C(C)(C)C)cc3c4cc(C(C)(C)C)cc5cc(C(C)(C)C)cc(c(c1)c23)c54.CCCc1cc(C)cc(CCC)c1-n1cc(C#N)nc1-c1[c-]cccc1.[Ir]. The van der Waals surface area contributed by atoms with Gasteiger partial charge in [-0.1, -0.05) is 152 Å². The first-order chi connectivity index (χ1) is 29.0. The zero-order valence-electron chi connectivity index (χ0n) is 40.7. The molecule has 8 rings (SSSR count). The Hall–Kier alpha value is -4.81. The van der Waals surface area contributed by atoms with Gasteiger partial charge in [0.15, 0.2) is 0 Å². The maximum Gasteiger partial charge on any atom is 0.148 e. The van der Waals surface area contributed by atoms with Crippen LogP contribution in [0, 0.1) is 24.3 Å². The molecule has 8 aromatic rings. The number of benzene rings is 7. The molecule has 1 aromatic heterocycles. The fraction of sp³-hybridized carbons (Fsp3) is 0.390. The Balaban J connectivity index is 0.000000217. The Morgan fingerprint density at radius 3 is 1.30 bits per heavy atom. The first kappa shape index (κ1) is 47.7. The number of fused-ring (bicyclic) bond motifs is 2. The van der Waals surface area contributed by atoms with Gasteiger partial charge in [0.25, 0.3) is 0 Å². The van der Waals surface area contributed by atoms with Gasteiger partial charge in [-0.15, -0.1) is 35.9 Å². The number of aromatic nitrogens is 2. The van der Waals surface area contributed by atoms with E-state index >= 15 is 0 Å². The minimum Gasteiger partial charge on any atom is -0.338 e. The smallest absolute Gasteiger partial charge is 0.148 e. The van der Waals surface area contributed by atoms with Gasteiger partial charge in [-0.05, 0) is 142 Å². The molecule has 0 aliphatic rings. The molecule has 0 amide bonds. The van der Waals surface area contributed by atoms with Gasteiger partial charge in [0.05, 0.1) is 5.82 Å². The van der Waals surface area contributed by atoms with Gasteiger partial charge in [-0.2, -0.15) is 5.26 Å². The monoisotopic (exact) mass is 1010 g/mol. The molecule has 0 N–H and O–H groups in total. The summed E-state index contributed by atoms with van der Waals surface area (Å²) in [4.78, 5) is 4.57. The summed E-state index contributed by atoms with van der Waals surface area (Å²) in [7, 11) is 0. The van der Waals surface area contributed by atoms with Crippen LogP contribution in [0.25, 0.3) is 60.2 Å². The van der Waals surface area contributed by atoms with Crippen LogP contribution in [0.15, 0.2) is 91.1 Å². The standard InChI is InChI=1S/C36H44.C23H24N3.Ir/c1-33(2,3)23-13-21-14-24(34(4,5)6)19-29-30-20-26(36(10,11)12)16-22-15-25(35(7,8)9)18-28(32(22)30)27(17-23)31(21)29;1-4-9-19-13-17(3)14-20(10-5-2)22(19)26-16-21(15-24)25-23(26)18-11-7-6-8-12-18;/h13-20H,1-12H3;6-8,11,13-14,16H,4-5,9-10H2,1-3H3;/q;-1;. The number of rotatable bonds is 6. The van der Waals surface area contributed by atoms with E-state index in [1.54, 1.807) is 0 Å². The van der Waals surface area contributed by atoms with Crippen LogP contribution >= 0.6 is 0 Å². The van der Waals surface area contributed by atoms with E-state index in [0.29, 0.717) is 5.69 Å². The molecule has 4 heteroatoms. The Morgan fingerprint density at radius 2 is 0.984 bits per heavy atom. The van der Waals surface area contributed by atoms with Crippen LogP contribution < -0.4 is 0 Å². The van der Waals surface area contributed by atoms with Crippen LogP contribution in [0.4, 0.5) is 0 Å². The molecule has 0 aliphatic heterocycles. The summed E-state index contributed by atoms with van der Waals surface area (Å²) in [6.07, 6.45) is 6.03. The molecule has 0 unspecified atom stereocenters. The number of nitriles is 1. The molecule has 0 fully saturated rings. The molecule has 0 saturated heterocycles. The van der Waals surface area contributed by atoms with E-state index in [2.05, 4.69) is 186 Å². The minimum absolute atomic E-state index is 0. The first-order valence-corrected chi connectivity index (χ1v) is 22.9. The maximum atomic E-state index is 9.42. The Morgan fingerprint density at radius 1 is 0.587 bits per heavy atom. The summed E-state index contributed by atoms with van der Waals surface area (Å²) in [5.74, 6) is 0.778. The van der Waals surface area contributed by atoms with Crippen molar-refractivity contribution in [2.45, 2.75) is 151 Å². The minimum atomic E-state index is 0. The van der Waals surface area contributed by atoms with Gasteiger partial charge in [0.1, 0.15) is 11.8 Å². The summed E-state index contributed by atoms with van der Waals surface area (Å²) >= 11 is 0. The number of nitrogens with zero attached hydrogens (tertiary/aromatic N) is 3. The van der Waals surface area contributed by atoms with E-state index in [1.807, 2.05) is 30.5 Å². The topological polar surface area (TPSA) is 41.6 Å². The number of imidazole rings is 1. The van der Waals surface area contributed by atoms with Crippen molar-refractivity contribution in [2.24, 2.45) is 0 Å². The normalized spacial score (nSPS) is 12.5. The zero-order chi connectivity index (χ0) is 45.1. The van der Waals surface area contributed by atoms with Gasteiger partial charge in [0, 0.05) is 32.0 Å². The third-order valence-corrected chi connectivity index (χ3v) is 12.6. The molecule has 7 aromatic carbocycles. The molecule has 329 valence electrons. The van der Waals surface area contributed by atoms with E-state index in [4.69, 9.17) is 0 Å². The Bertz CT molecular complexity index is 2700. The van der Waals surface area contributed by atoms with E-state index < -0.39 is 0 Å². The number of aryl methyl sites for hydroxylation is 3. The van der Waals surface area contributed by atoms with Gasteiger partial charge in [-0.3, -0.25) is 4.98 Å². The molecular formula is C59H68IrN3-. The molecule has 3 nitrogen and oxygen atoms in total. The van der Waals surface area contributed by atoms with Gasteiger partial charge >= 0.3 is 0 Å². The predicted octanol–water partition coefficient (Wildman–Crippen LogP) is 16.3. The van der Waals surface area contributed by atoms with Crippen molar-refractivity contribution in [2.75, 3.05) is 0 Å². The van der Waals surface area contributed by atoms with Crippen molar-refractivity contribution in [3.05, 3.63) is 142 Å². The average molecular weight is 1010 g/mol. The molecule has 0 atom stereocenters. The maximum absolute atomic E-state index is 9.42. The quantitative estimate of drug-likeness (QED) is 0.0946. The van der Waals surface area contributed by atoms with Crippen LogP contribution in [-0.2, 0) is 54.6 Å². The molecule has 0 bridgehead atoms. The van der Waals surface area contributed by atoms with Crippen molar-refractivity contribution in [3.63, 3.8) is 0 Å². The van der Waals surface area contributed by atoms with Crippen molar-refractivity contribution < 1.29 is 20.1 Å². The largest absolute Gasteiger partial charge is 0.338 e. The fourth-order valence-corrected chi connectivity index (χ4v) is 9.10. The second-order valence-corrected chi connectivity index (χ2v) is 21.9. The summed E-state index contributed by atoms with van der Waals surface area (Å²) < 4.78 is 2.10. The van der Waals surface area contributed by atoms with Crippen molar-refractivity contribution in [1.82, 2.24) is 9.55 Å². The van der Waals surface area contributed by atoms with E-state index in [9.17, 15) is 5.26 Å². The van der Waals surface area contributed by atoms with Gasteiger partial charge in [-0.25, -0.2) is 0 Å². The first-order valence-electron chi connectivity index (χ1n) is 22.9. The molecular weight excluding hydrogens is 943 g/mol. The van der Waals surface area contributed by atoms with Crippen molar-refractivity contribution >= 4 is 43.1 Å². The number of hydrogen-bond donors (Lipinski definition) is 0. The second kappa shape index (κ2) is 17.6. The third-order valence-electron chi connectivity index (χ3n) is 12.6. The summed E-state index contributed by atoms with van der Waals surface area (Å²) in [5.41, 5.74) is 12.4. The zero-order valence-corrected chi connectivity index (χ0v) is 43.1. The Kier molecular flexibility index (Phi) is 13.3. The average Bonchev–Trinajstić information content (AvgIpc) is 3.62. The van der Waals surface area contributed by atoms with Crippen molar-refractivity contribution in [3.8, 4) is 23.1 Å². The van der Waals surface area contributed by atoms with Crippen molar-refractivity contribution in [1.29, 1.82) is 5.26 Å². The summed E-state index contributed by atoms with van der Waals surface area (Å²) in [6, 6.07) is 37.6. The van der Waals surface area contributed by atoms with Crippen LogP contribution in [0.1, 0.15) is 154 Å². The van der Waals surface area contributed by atoms with E-state index in [0.717, 1.165) is 37.1 Å². The summed E-state index contributed by atoms with van der Waals surface area (Å²) in [5, 5.41) is 20.6. The second-order valence-electron chi connectivity index (χ2n) is 21.9. The summed E-state index contributed by atoms with van der Waals surface area (Å²) in [6.45, 7) is 34.6. The Labute approximate surface area is 392 Å². The molecule has 1 radical (unpaired) electrons. The molecule has 0 spiro atoms. The molecule has 1 heterocycles. The van der Waals surface area contributed by atoms with Crippen LogP contribution in [-0.4, -0.2) is 9.55 Å². The number of hydrogen-bond acceptors (Lipinski definition) is 2. The molecule has 0 aliphatic carbocycles. The van der Waals surface area contributed by atoms with E-state index in [1.165, 1.54) is 87.7 Å².